The molecular formula is C30H27F5N6O4S. The van der Waals surface area contributed by atoms with Crippen LogP contribution in [0.1, 0.15) is 26.3 Å². The first-order valence-electron chi connectivity index (χ1n) is 13.9. The van der Waals surface area contributed by atoms with Crippen LogP contribution in [0.5, 0.6) is 0 Å². The minimum absolute atomic E-state index is 0.112. The number of fused-ring (bicyclic) bond motifs is 1. The van der Waals surface area contributed by atoms with Gasteiger partial charge in [0.2, 0.25) is 5.91 Å². The first-order valence-corrected chi connectivity index (χ1v) is 15.5. The van der Waals surface area contributed by atoms with Gasteiger partial charge in [-0.3, -0.25) is 9.78 Å². The third-order valence-electron chi connectivity index (χ3n) is 7.67. The van der Waals surface area contributed by atoms with Gasteiger partial charge < -0.3 is 9.80 Å². The van der Waals surface area contributed by atoms with Crippen molar-refractivity contribution in [2.24, 2.45) is 0 Å². The molecule has 0 unspecified atom stereocenters. The highest BCUT2D eigenvalue weighted by molar-refractivity contribution is 7.92. The summed E-state index contributed by atoms with van der Waals surface area (Å²) >= 11 is 0. The molecule has 1 aromatic carbocycles. The summed E-state index contributed by atoms with van der Waals surface area (Å²) in [7, 11) is -4.09. The summed E-state index contributed by atoms with van der Waals surface area (Å²) in [5.74, 6) is -3.23. The molecule has 0 radical (unpaired) electrons. The molecule has 0 N–H and O–H groups in total. The smallest absolute Gasteiger partial charge is 0.350 e. The van der Waals surface area contributed by atoms with Crippen LogP contribution < -0.4 is 10.6 Å². The Balaban J connectivity index is 1.87. The Morgan fingerprint density at radius 3 is 2.46 bits per heavy atom. The molecule has 4 heterocycles. The van der Waals surface area contributed by atoms with Crippen LogP contribution in [0.2, 0.25) is 0 Å². The Hall–Kier alpha value is -4.73. The summed E-state index contributed by atoms with van der Waals surface area (Å²) in [6.07, 6.45) is -1.75. The average Bonchev–Trinajstić information content (AvgIpc) is 3.00. The highest BCUT2D eigenvalue weighted by Crippen LogP contribution is 2.40. The van der Waals surface area contributed by atoms with Crippen molar-refractivity contribution >= 4 is 32.6 Å². The van der Waals surface area contributed by atoms with Crippen LogP contribution >= 0.6 is 0 Å². The molecule has 1 saturated heterocycles. The molecule has 1 atom stereocenters. The van der Waals surface area contributed by atoms with Crippen molar-refractivity contribution in [3.63, 3.8) is 0 Å². The summed E-state index contributed by atoms with van der Waals surface area (Å²) < 4.78 is 100. The summed E-state index contributed by atoms with van der Waals surface area (Å²) in [5, 5.41) is -1.15. The second-order valence-electron chi connectivity index (χ2n) is 10.9. The van der Waals surface area contributed by atoms with E-state index in [1.807, 2.05) is 0 Å². The maximum atomic E-state index is 15.9. The lowest BCUT2D eigenvalue weighted by molar-refractivity contribution is -0.137. The quantitative estimate of drug-likeness (QED) is 0.218. The summed E-state index contributed by atoms with van der Waals surface area (Å²) in [6.45, 7) is 8.44. The van der Waals surface area contributed by atoms with Crippen LogP contribution in [0, 0.1) is 11.6 Å². The van der Waals surface area contributed by atoms with E-state index < -0.39 is 67.1 Å². The van der Waals surface area contributed by atoms with Crippen LogP contribution in [0.3, 0.4) is 0 Å². The van der Waals surface area contributed by atoms with Crippen LogP contribution in [0.4, 0.5) is 27.8 Å². The van der Waals surface area contributed by atoms with E-state index in [1.165, 1.54) is 24.9 Å². The van der Waals surface area contributed by atoms with Gasteiger partial charge in [0, 0.05) is 31.9 Å². The summed E-state index contributed by atoms with van der Waals surface area (Å²) in [6, 6.07) is 3.51. The Morgan fingerprint density at radius 1 is 1.11 bits per heavy atom. The van der Waals surface area contributed by atoms with Gasteiger partial charge in [0.1, 0.15) is 17.3 Å². The minimum atomic E-state index is -5.11. The second kappa shape index (κ2) is 11.9. The van der Waals surface area contributed by atoms with Crippen molar-refractivity contribution in [2.45, 2.75) is 43.1 Å². The van der Waals surface area contributed by atoms with Gasteiger partial charge >= 0.3 is 11.9 Å². The van der Waals surface area contributed by atoms with E-state index in [1.54, 1.807) is 11.8 Å². The van der Waals surface area contributed by atoms with Crippen molar-refractivity contribution in [3.05, 3.63) is 83.1 Å². The van der Waals surface area contributed by atoms with Gasteiger partial charge in [0.05, 0.1) is 38.5 Å². The molecule has 46 heavy (non-hydrogen) atoms. The fraction of sp³-hybridized carbons (Fsp3) is 0.300. The SMILES string of the molecule is C=CC(=O)N1CCN(c2nc(=O)n(-c3cnccc3S(=O)(=O)C(C)C)c3nc(-c4c(F)cccc4C(F)(F)F)c(F)cc23)[C@@H](C)C1. The first-order chi connectivity index (χ1) is 21.6. The number of anilines is 1. The fourth-order valence-electron chi connectivity index (χ4n) is 5.36. The van der Waals surface area contributed by atoms with Gasteiger partial charge in [-0.05, 0) is 51.1 Å². The molecule has 0 spiro atoms. The van der Waals surface area contributed by atoms with Gasteiger partial charge in [-0.2, -0.15) is 18.2 Å². The number of sulfone groups is 1. The zero-order chi connectivity index (χ0) is 33.7. The van der Waals surface area contributed by atoms with E-state index in [4.69, 9.17) is 0 Å². The monoisotopic (exact) mass is 662 g/mol. The normalized spacial score (nSPS) is 15.9. The third-order valence-corrected chi connectivity index (χ3v) is 9.87. The van der Waals surface area contributed by atoms with Gasteiger partial charge in [-0.15, -0.1) is 0 Å². The number of pyridine rings is 2. The molecule has 1 aliphatic heterocycles. The predicted octanol–water partition coefficient (Wildman–Crippen LogP) is 4.54. The number of halogens is 5. The number of amides is 1. The Bertz CT molecular complexity index is 2050. The molecule has 10 nitrogen and oxygen atoms in total. The lowest BCUT2D eigenvalue weighted by Gasteiger charge is -2.40. The predicted molar refractivity (Wildman–Crippen MR) is 159 cm³/mol. The fourth-order valence-corrected chi connectivity index (χ4v) is 6.55. The maximum absolute atomic E-state index is 15.9. The van der Waals surface area contributed by atoms with E-state index in [0.717, 1.165) is 30.5 Å². The van der Waals surface area contributed by atoms with Crippen molar-refractivity contribution in [1.29, 1.82) is 0 Å². The van der Waals surface area contributed by atoms with Crippen LogP contribution in [0.25, 0.3) is 28.0 Å². The number of carbonyl (C=O) groups excluding carboxylic acids is 1. The molecule has 242 valence electrons. The number of aromatic nitrogens is 4. The molecule has 1 fully saturated rings. The summed E-state index contributed by atoms with van der Waals surface area (Å²) in [4.78, 5) is 41.0. The summed E-state index contributed by atoms with van der Waals surface area (Å²) in [5.41, 5.74) is -5.71. The number of hydrogen-bond donors (Lipinski definition) is 0. The third kappa shape index (κ3) is 5.61. The van der Waals surface area contributed by atoms with E-state index in [0.29, 0.717) is 16.7 Å². The molecule has 5 rings (SSSR count). The van der Waals surface area contributed by atoms with Crippen LogP contribution in [-0.4, -0.2) is 69.7 Å². The number of carbonyl (C=O) groups is 1. The number of rotatable bonds is 6. The maximum Gasteiger partial charge on any atom is 0.417 e. The standard InChI is InChI=1S/C30H27F5N6O4S/c1-5-24(42)39-11-12-40(17(4)15-39)27-18-13-21(32)26(25-19(30(33,34)35)7-6-8-20(25)31)37-28(18)41(29(43)38-27)22-14-36-10-9-23(22)46(44,45)16(2)3/h5-10,13-14,16-17H,1,11-12,15H2,2-4H3/t17-/m0/s1. The molecule has 0 saturated carbocycles. The van der Waals surface area contributed by atoms with Gasteiger partial charge in [-0.1, -0.05) is 12.6 Å². The van der Waals surface area contributed by atoms with E-state index in [2.05, 4.69) is 21.5 Å². The van der Waals surface area contributed by atoms with Gasteiger partial charge in [0.15, 0.2) is 21.3 Å². The molecule has 1 aliphatic rings. The van der Waals surface area contributed by atoms with E-state index in [-0.39, 0.29) is 47.3 Å². The lowest BCUT2D eigenvalue weighted by atomic mass is 10.0. The lowest BCUT2D eigenvalue weighted by Crippen LogP contribution is -2.54. The van der Waals surface area contributed by atoms with E-state index in [9.17, 15) is 31.2 Å². The molecule has 3 aromatic heterocycles. The van der Waals surface area contributed by atoms with Gasteiger partial charge in [0.25, 0.3) is 0 Å². The van der Waals surface area contributed by atoms with Crippen molar-refractivity contribution in [1.82, 2.24) is 24.4 Å². The molecular weight excluding hydrogens is 635 g/mol. The number of nitrogens with zero attached hydrogens (tertiary/aromatic N) is 6. The van der Waals surface area contributed by atoms with Crippen molar-refractivity contribution in [2.75, 3.05) is 24.5 Å². The second-order valence-corrected chi connectivity index (χ2v) is 13.3. The Labute approximate surface area is 259 Å². The van der Waals surface area contributed by atoms with Gasteiger partial charge in [-0.25, -0.2) is 31.5 Å². The molecule has 0 aliphatic carbocycles. The molecule has 1 amide bonds. The number of hydrogen-bond acceptors (Lipinski definition) is 8. The van der Waals surface area contributed by atoms with Crippen LogP contribution in [0.15, 0.2) is 65.1 Å². The van der Waals surface area contributed by atoms with Crippen LogP contribution in [-0.2, 0) is 20.8 Å². The average molecular weight is 663 g/mol. The van der Waals surface area contributed by atoms with Crippen molar-refractivity contribution < 1.29 is 35.2 Å². The van der Waals surface area contributed by atoms with E-state index >= 15 is 8.78 Å². The zero-order valence-corrected chi connectivity index (χ0v) is 25.5. The molecule has 16 heteroatoms. The topological polar surface area (TPSA) is 118 Å². The highest BCUT2D eigenvalue weighted by Gasteiger charge is 2.37. The highest BCUT2D eigenvalue weighted by atomic mass is 32.2. The zero-order valence-electron chi connectivity index (χ0n) is 24.7. The number of piperazine rings is 1. The number of alkyl halides is 3. The minimum Gasteiger partial charge on any atom is -0.350 e. The molecule has 0 bridgehead atoms. The first kappa shape index (κ1) is 32.7. The Kier molecular flexibility index (Phi) is 8.44. The number of benzene rings is 1. The largest absolute Gasteiger partial charge is 0.417 e. The Morgan fingerprint density at radius 2 is 1.83 bits per heavy atom. The molecule has 4 aromatic rings. The van der Waals surface area contributed by atoms with Crippen molar-refractivity contribution in [3.8, 4) is 16.9 Å².